The first-order valence-electron chi connectivity index (χ1n) is 13.0. The topological polar surface area (TPSA) is 87.1 Å². The number of carbonyl (C=O) groups excluding carboxylic acids is 3. The number of esters is 1. The van der Waals surface area contributed by atoms with Crippen molar-refractivity contribution in [2.75, 3.05) is 19.8 Å². The number of alkyl halides is 1. The molecule has 3 unspecified atom stereocenters. The monoisotopic (exact) mass is 584 g/mol. The molecule has 0 saturated carbocycles. The number of thioether (sulfide) groups is 1. The lowest BCUT2D eigenvalue weighted by molar-refractivity contribution is -0.155. The number of ether oxygens (including phenoxy) is 1. The smallest absolute Gasteiger partial charge is 0.310 e. The van der Waals surface area contributed by atoms with E-state index in [2.05, 4.69) is 29.1 Å². The Morgan fingerprint density at radius 2 is 2.03 bits per heavy atom. The molecule has 202 valence electrons. The molecule has 3 fully saturated rings. The average Bonchev–Trinajstić information content (AvgIpc) is 3.43. The Kier molecular flexibility index (Phi) is 9.77. The first-order chi connectivity index (χ1) is 17.1. The summed E-state index contributed by atoms with van der Waals surface area (Å²) in [6, 6.07) is -1.36. The fourth-order valence-corrected chi connectivity index (χ4v) is 9.72. The Hall–Kier alpha value is -1.32. The summed E-state index contributed by atoms with van der Waals surface area (Å²) in [5, 5.41) is 10.3. The van der Waals surface area contributed by atoms with E-state index in [9.17, 15) is 19.5 Å². The summed E-state index contributed by atoms with van der Waals surface area (Å²) >= 11 is 5.37. The number of rotatable bonds is 13. The Balaban J connectivity index is 2.07. The van der Waals surface area contributed by atoms with Crippen LogP contribution < -0.4 is 0 Å². The average molecular weight is 586 g/mol. The van der Waals surface area contributed by atoms with E-state index < -0.39 is 28.7 Å². The highest BCUT2D eigenvalue weighted by Gasteiger charge is 2.76. The van der Waals surface area contributed by atoms with Crippen molar-refractivity contribution < 1.29 is 24.2 Å². The van der Waals surface area contributed by atoms with Gasteiger partial charge in [0.05, 0.1) is 35.8 Å². The Bertz CT molecular complexity index is 869. The SMILES string of the molecule is C=CCCCOC(=O)[C@H]1[C@H]2C(=O)N([C@@H](CO)[C@@H](C)CC)C(C(=O)N(CC=C)C(C)C)C23CC(Br)[C@@H]1S3. The Labute approximate surface area is 228 Å². The van der Waals surface area contributed by atoms with Crippen LogP contribution in [0.2, 0.25) is 0 Å². The molecular formula is C27H41BrN2O5S. The zero-order chi connectivity index (χ0) is 26.8. The fraction of sp³-hybridized carbons (Fsp3) is 0.741. The van der Waals surface area contributed by atoms with Crippen molar-refractivity contribution in [3.05, 3.63) is 25.3 Å². The lowest BCUT2D eigenvalue weighted by Gasteiger charge is -2.42. The molecule has 8 atom stereocenters. The van der Waals surface area contributed by atoms with Crippen LogP contribution in [-0.4, -0.2) is 85.4 Å². The van der Waals surface area contributed by atoms with Crippen LogP contribution in [0.3, 0.4) is 0 Å². The van der Waals surface area contributed by atoms with E-state index in [1.165, 1.54) is 0 Å². The van der Waals surface area contributed by atoms with Gasteiger partial charge in [-0.05, 0) is 39.0 Å². The number of unbranched alkanes of at least 4 members (excludes halogenated alkanes) is 1. The molecule has 2 bridgehead atoms. The van der Waals surface area contributed by atoms with Crippen LogP contribution in [0, 0.1) is 17.8 Å². The number of nitrogens with zero attached hydrogens (tertiary/aromatic N) is 2. The molecule has 1 N–H and O–H groups in total. The van der Waals surface area contributed by atoms with Crippen LogP contribution >= 0.6 is 27.7 Å². The minimum Gasteiger partial charge on any atom is -0.465 e. The number of allylic oxidation sites excluding steroid dienone is 1. The predicted octanol–water partition coefficient (Wildman–Crippen LogP) is 3.79. The van der Waals surface area contributed by atoms with Crippen LogP contribution in [0.5, 0.6) is 0 Å². The van der Waals surface area contributed by atoms with Gasteiger partial charge >= 0.3 is 5.97 Å². The Morgan fingerprint density at radius 1 is 1.33 bits per heavy atom. The van der Waals surface area contributed by atoms with Gasteiger partial charge in [0.15, 0.2) is 0 Å². The summed E-state index contributed by atoms with van der Waals surface area (Å²) < 4.78 is 4.89. The van der Waals surface area contributed by atoms with Crippen molar-refractivity contribution in [2.24, 2.45) is 17.8 Å². The maximum Gasteiger partial charge on any atom is 0.310 e. The summed E-state index contributed by atoms with van der Waals surface area (Å²) in [6.07, 6.45) is 6.26. The zero-order valence-electron chi connectivity index (χ0n) is 21.9. The van der Waals surface area contributed by atoms with Gasteiger partial charge in [0.2, 0.25) is 11.8 Å². The number of amides is 2. The van der Waals surface area contributed by atoms with Gasteiger partial charge in [-0.25, -0.2) is 0 Å². The van der Waals surface area contributed by atoms with Gasteiger partial charge in [0.1, 0.15) is 6.04 Å². The molecule has 0 aromatic heterocycles. The van der Waals surface area contributed by atoms with Crippen LogP contribution in [0.15, 0.2) is 25.3 Å². The fourth-order valence-electron chi connectivity index (χ4n) is 6.14. The highest BCUT2D eigenvalue weighted by Crippen LogP contribution is 2.68. The van der Waals surface area contributed by atoms with Crippen molar-refractivity contribution in [1.82, 2.24) is 9.80 Å². The molecule has 1 spiro atoms. The molecule has 3 aliphatic rings. The molecule has 9 heteroatoms. The van der Waals surface area contributed by atoms with E-state index in [1.807, 2.05) is 27.7 Å². The van der Waals surface area contributed by atoms with Crippen LogP contribution in [0.4, 0.5) is 0 Å². The first kappa shape index (κ1) is 29.2. The maximum atomic E-state index is 14.3. The second-order valence-corrected chi connectivity index (χ2v) is 13.2. The minimum atomic E-state index is -0.767. The normalized spacial score (nSPS) is 32.4. The third kappa shape index (κ3) is 4.92. The lowest BCUT2D eigenvalue weighted by Crippen LogP contribution is -2.59. The number of likely N-dealkylation sites (tertiary alicyclic amines) is 1. The largest absolute Gasteiger partial charge is 0.465 e. The van der Waals surface area contributed by atoms with Gasteiger partial charge in [-0.2, -0.15) is 0 Å². The van der Waals surface area contributed by atoms with Crippen LogP contribution in [-0.2, 0) is 19.1 Å². The van der Waals surface area contributed by atoms with E-state index in [1.54, 1.807) is 33.7 Å². The van der Waals surface area contributed by atoms with Gasteiger partial charge in [-0.1, -0.05) is 48.4 Å². The van der Waals surface area contributed by atoms with Gasteiger partial charge in [-0.15, -0.1) is 24.9 Å². The molecule has 36 heavy (non-hydrogen) atoms. The number of hydrogen-bond donors (Lipinski definition) is 1. The summed E-state index contributed by atoms with van der Waals surface area (Å²) in [5.41, 5.74) is 0. The molecular weight excluding hydrogens is 544 g/mol. The summed E-state index contributed by atoms with van der Waals surface area (Å²) in [7, 11) is 0. The van der Waals surface area contributed by atoms with Gasteiger partial charge in [-0.3, -0.25) is 14.4 Å². The summed E-state index contributed by atoms with van der Waals surface area (Å²) in [6.45, 7) is 15.8. The molecule has 3 saturated heterocycles. The van der Waals surface area contributed by atoms with E-state index in [0.717, 1.165) is 12.8 Å². The third-order valence-electron chi connectivity index (χ3n) is 8.11. The molecule has 0 radical (unpaired) electrons. The summed E-state index contributed by atoms with van der Waals surface area (Å²) in [5.74, 6) is -2.02. The molecule has 3 heterocycles. The van der Waals surface area contributed by atoms with Gasteiger partial charge in [0, 0.05) is 22.7 Å². The van der Waals surface area contributed by atoms with E-state index in [4.69, 9.17) is 4.74 Å². The second kappa shape index (κ2) is 12.0. The van der Waals surface area contributed by atoms with Gasteiger partial charge < -0.3 is 19.6 Å². The van der Waals surface area contributed by atoms with Crippen molar-refractivity contribution >= 4 is 45.5 Å². The number of aliphatic hydroxyl groups is 1. The lowest BCUT2D eigenvalue weighted by atomic mass is 9.71. The predicted molar refractivity (Wildman–Crippen MR) is 147 cm³/mol. The van der Waals surface area contributed by atoms with Crippen LogP contribution in [0.1, 0.15) is 53.4 Å². The van der Waals surface area contributed by atoms with Crippen molar-refractivity contribution in [3.8, 4) is 0 Å². The standard InChI is InChI=1S/C27H41BrN2O5S/c1-7-10-11-13-35-26(34)20-21-24(32)30(19(15-31)17(6)9-3)23(25(33)29(12-8-2)16(4)5)27(21)14-18(28)22(20)36-27/h7-8,16-23,31H,1-2,9-15H2,3-6H3/t17-,18?,19-,20-,21-,22-,23?,27?/m0/s1. The molecule has 3 rings (SSSR count). The third-order valence-corrected chi connectivity index (χ3v) is 11.3. The molecule has 0 aromatic carbocycles. The maximum absolute atomic E-state index is 14.3. The van der Waals surface area contributed by atoms with E-state index in [0.29, 0.717) is 19.4 Å². The Morgan fingerprint density at radius 3 is 2.58 bits per heavy atom. The number of fused-ring (bicyclic) bond motifs is 1. The van der Waals surface area contributed by atoms with Gasteiger partial charge in [0.25, 0.3) is 0 Å². The van der Waals surface area contributed by atoms with Crippen molar-refractivity contribution in [1.29, 1.82) is 0 Å². The molecule has 0 aliphatic carbocycles. The number of aliphatic hydroxyl groups excluding tert-OH is 1. The highest BCUT2D eigenvalue weighted by molar-refractivity contribution is 9.09. The van der Waals surface area contributed by atoms with Crippen molar-refractivity contribution in [3.63, 3.8) is 0 Å². The van der Waals surface area contributed by atoms with Crippen molar-refractivity contribution in [2.45, 2.75) is 86.3 Å². The molecule has 2 amide bonds. The summed E-state index contributed by atoms with van der Waals surface area (Å²) in [4.78, 5) is 45.2. The second-order valence-electron chi connectivity index (χ2n) is 10.5. The first-order valence-corrected chi connectivity index (χ1v) is 14.8. The molecule has 7 nitrogen and oxygen atoms in total. The number of carbonyl (C=O) groups is 3. The highest BCUT2D eigenvalue weighted by atomic mass is 79.9. The minimum absolute atomic E-state index is 0.0114. The number of halogens is 1. The number of hydrogen-bond acceptors (Lipinski definition) is 6. The van der Waals surface area contributed by atoms with E-state index in [-0.39, 0.29) is 53.0 Å². The van der Waals surface area contributed by atoms with Crippen LogP contribution in [0.25, 0.3) is 0 Å². The quantitative estimate of drug-likeness (QED) is 0.153. The zero-order valence-corrected chi connectivity index (χ0v) is 24.3. The van der Waals surface area contributed by atoms with E-state index >= 15 is 0 Å². The molecule has 0 aromatic rings. The molecule has 3 aliphatic heterocycles.